The van der Waals surface area contributed by atoms with Crippen molar-refractivity contribution in [3.05, 3.63) is 18.0 Å². The van der Waals surface area contributed by atoms with Gasteiger partial charge in [-0.25, -0.2) is 0 Å². The lowest BCUT2D eigenvalue weighted by atomic mass is 9.84. The average Bonchev–Trinajstić information content (AvgIpc) is 2.96. The molecule has 0 aliphatic carbocycles. The van der Waals surface area contributed by atoms with Crippen LogP contribution in [0.15, 0.2) is 12.4 Å². The van der Waals surface area contributed by atoms with Crippen molar-refractivity contribution in [2.75, 3.05) is 20.1 Å². The molecule has 1 fully saturated rings. The standard InChI is InChI=1S/C16H24N4O4/c1-4-20(8-7-14(22)23)16(24)12-5-6-13(21)19(3)15(12)11-9-17-18(2)10-11/h9-10,12,15H,4-8H2,1-3H3,(H,22,23). The molecule has 0 spiro atoms. The molecule has 2 amide bonds. The molecule has 0 radical (unpaired) electrons. The van der Waals surface area contributed by atoms with Crippen LogP contribution in [0.4, 0.5) is 0 Å². The number of aliphatic carboxylic acids is 1. The molecule has 1 aliphatic rings. The van der Waals surface area contributed by atoms with Gasteiger partial charge in [0.05, 0.1) is 24.6 Å². The Labute approximate surface area is 141 Å². The quantitative estimate of drug-likeness (QED) is 0.823. The summed E-state index contributed by atoms with van der Waals surface area (Å²) in [5.74, 6) is -1.42. The van der Waals surface area contributed by atoms with Gasteiger partial charge in [-0.1, -0.05) is 0 Å². The lowest BCUT2D eigenvalue weighted by molar-refractivity contribution is -0.147. The van der Waals surface area contributed by atoms with E-state index in [0.717, 1.165) is 5.56 Å². The molecule has 2 unspecified atom stereocenters. The highest BCUT2D eigenvalue weighted by molar-refractivity contribution is 5.85. The molecule has 24 heavy (non-hydrogen) atoms. The molecule has 1 N–H and O–H groups in total. The lowest BCUT2D eigenvalue weighted by Gasteiger charge is -2.39. The van der Waals surface area contributed by atoms with E-state index in [1.807, 2.05) is 13.1 Å². The fourth-order valence-electron chi connectivity index (χ4n) is 3.23. The Kier molecular flexibility index (Phi) is 5.58. The third-order valence-corrected chi connectivity index (χ3v) is 4.53. The number of aromatic nitrogens is 2. The smallest absolute Gasteiger partial charge is 0.305 e. The zero-order chi connectivity index (χ0) is 17.9. The number of hydrogen-bond acceptors (Lipinski definition) is 4. The number of rotatable bonds is 6. The molecule has 8 nitrogen and oxygen atoms in total. The van der Waals surface area contributed by atoms with Gasteiger partial charge in [0.1, 0.15) is 0 Å². The molecule has 2 atom stereocenters. The fourth-order valence-corrected chi connectivity index (χ4v) is 3.23. The van der Waals surface area contributed by atoms with Gasteiger partial charge in [-0.2, -0.15) is 5.10 Å². The summed E-state index contributed by atoms with van der Waals surface area (Å²) in [6.07, 6.45) is 4.19. The lowest BCUT2D eigenvalue weighted by Crippen LogP contribution is -2.48. The maximum absolute atomic E-state index is 13.0. The number of nitrogens with zero attached hydrogens (tertiary/aromatic N) is 4. The van der Waals surface area contributed by atoms with Gasteiger partial charge in [-0.15, -0.1) is 0 Å². The minimum absolute atomic E-state index is 0.00138. The van der Waals surface area contributed by atoms with Crippen molar-refractivity contribution >= 4 is 17.8 Å². The first kappa shape index (κ1) is 18.0. The second-order valence-electron chi connectivity index (χ2n) is 6.10. The van der Waals surface area contributed by atoms with Crippen LogP contribution in [0.3, 0.4) is 0 Å². The highest BCUT2D eigenvalue weighted by Gasteiger charge is 2.40. The molecule has 1 aromatic rings. The van der Waals surface area contributed by atoms with Gasteiger partial charge < -0.3 is 14.9 Å². The van der Waals surface area contributed by atoms with Gasteiger partial charge in [0.2, 0.25) is 11.8 Å². The Morgan fingerprint density at radius 2 is 2.12 bits per heavy atom. The maximum atomic E-state index is 13.0. The first-order chi connectivity index (χ1) is 11.3. The topological polar surface area (TPSA) is 95.7 Å². The highest BCUT2D eigenvalue weighted by Crippen LogP contribution is 2.36. The average molecular weight is 336 g/mol. The van der Waals surface area contributed by atoms with E-state index in [0.29, 0.717) is 19.4 Å². The van der Waals surface area contributed by atoms with Crippen LogP contribution in [0, 0.1) is 5.92 Å². The van der Waals surface area contributed by atoms with Crippen LogP contribution in [0.5, 0.6) is 0 Å². The van der Waals surface area contributed by atoms with Gasteiger partial charge in [0, 0.05) is 45.4 Å². The predicted molar refractivity (Wildman–Crippen MR) is 85.9 cm³/mol. The Hall–Kier alpha value is -2.38. The molecule has 2 rings (SSSR count). The van der Waals surface area contributed by atoms with E-state index < -0.39 is 5.97 Å². The van der Waals surface area contributed by atoms with Gasteiger partial charge in [0.25, 0.3) is 0 Å². The SMILES string of the molecule is CCN(CCC(=O)O)C(=O)C1CCC(=O)N(C)C1c1cnn(C)c1. The van der Waals surface area contributed by atoms with E-state index >= 15 is 0 Å². The van der Waals surface area contributed by atoms with Crippen LogP contribution < -0.4 is 0 Å². The van der Waals surface area contributed by atoms with Crippen molar-refractivity contribution in [2.45, 2.75) is 32.2 Å². The molecule has 8 heteroatoms. The van der Waals surface area contributed by atoms with Crippen LogP contribution in [0.2, 0.25) is 0 Å². The zero-order valence-electron chi connectivity index (χ0n) is 14.3. The van der Waals surface area contributed by atoms with Crippen LogP contribution in [0.25, 0.3) is 0 Å². The highest BCUT2D eigenvalue weighted by atomic mass is 16.4. The number of hydrogen-bond donors (Lipinski definition) is 1. The molecule has 1 saturated heterocycles. The van der Waals surface area contributed by atoms with Gasteiger partial charge in [-0.3, -0.25) is 19.1 Å². The second-order valence-corrected chi connectivity index (χ2v) is 6.10. The molecule has 1 aromatic heterocycles. The number of amides is 2. The number of aryl methyl sites for hydroxylation is 1. The van der Waals surface area contributed by atoms with Crippen molar-refractivity contribution < 1.29 is 19.5 Å². The van der Waals surface area contributed by atoms with Crippen LogP contribution >= 0.6 is 0 Å². The van der Waals surface area contributed by atoms with Crippen molar-refractivity contribution in [3.8, 4) is 0 Å². The normalized spacial score (nSPS) is 21.0. The van der Waals surface area contributed by atoms with Crippen LogP contribution in [-0.2, 0) is 21.4 Å². The molecular weight excluding hydrogens is 312 g/mol. The summed E-state index contributed by atoms with van der Waals surface area (Å²) < 4.78 is 1.64. The Morgan fingerprint density at radius 1 is 1.42 bits per heavy atom. The van der Waals surface area contributed by atoms with Crippen molar-refractivity contribution in [1.29, 1.82) is 0 Å². The Bertz CT molecular complexity index is 627. The molecule has 0 saturated carbocycles. The summed E-state index contributed by atoms with van der Waals surface area (Å²) in [4.78, 5) is 39.0. The Balaban J connectivity index is 2.25. The largest absolute Gasteiger partial charge is 0.481 e. The number of carboxylic acid groups (broad SMARTS) is 1. The zero-order valence-corrected chi connectivity index (χ0v) is 14.3. The van der Waals surface area contributed by atoms with Crippen molar-refractivity contribution in [3.63, 3.8) is 0 Å². The maximum Gasteiger partial charge on any atom is 0.305 e. The van der Waals surface area contributed by atoms with E-state index in [2.05, 4.69) is 5.10 Å². The first-order valence-electron chi connectivity index (χ1n) is 8.10. The Morgan fingerprint density at radius 3 is 2.67 bits per heavy atom. The number of carboxylic acids is 1. The molecule has 1 aliphatic heterocycles. The molecule has 0 bridgehead atoms. The second kappa shape index (κ2) is 7.46. The van der Waals surface area contributed by atoms with E-state index in [4.69, 9.17) is 5.11 Å². The predicted octanol–water partition coefficient (Wildman–Crippen LogP) is 0.653. The summed E-state index contributed by atoms with van der Waals surface area (Å²) in [5, 5.41) is 13.0. The third-order valence-electron chi connectivity index (χ3n) is 4.53. The number of carbonyl (C=O) groups is 3. The number of carbonyl (C=O) groups excluding carboxylic acids is 2. The fraction of sp³-hybridized carbons (Fsp3) is 0.625. The minimum atomic E-state index is -0.930. The molecular formula is C16H24N4O4. The van der Waals surface area contributed by atoms with Crippen LogP contribution in [0.1, 0.15) is 37.8 Å². The summed E-state index contributed by atoms with van der Waals surface area (Å²) >= 11 is 0. The third kappa shape index (κ3) is 3.74. The van der Waals surface area contributed by atoms with Gasteiger partial charge in [-0.05, 0) is 13.3 Å². The van der Waals surface area contributed by atoms with E-state index in [9.17, 15) is 14.4 Å². The molecule has 0 aromatic carbocycles. The van der Waals surface area contributed by atoms with Crippen LogP contribution in [-0.4, -0.2) is 62.6 Å². The van der Waals surface area contributed by atoms with E-state index in [-0.39, 0.29) is 36.7 Å². The molecule has 2 heterocycles. The van der Waals surface area contributed by atoms with Gasteiger partial charge >= 0.3 is 5.97 Å². The summed E-state index contributed by atoms with van der Waals surface area (Å²) in [7, 11) is 3.49. The first-order valence-corrected chi connectivity index (χ1v) is 8.10. The van der Waals surface area contributed by atoms with E-state index in [1.54, 1.807) is 34.8 Å². The van der Waals surface area contributed by atoms with Crippen molar-refractivity contribution in [2.24, 2.45) is 13.0 Å². The summed E-state index contributed by atoms with van der Waals surface area (Å²) in [6.45, 7) is 2.45. The monoisotopic (exact) mass is 336 g/mol. The number of likely N-dealkylation sites (tertiary alicyclic amines) is 1. The van der Waals surface area contributed by atoms with Crippen molar-refractivity contribution in [1.82, 2.24) is 19.6 Å². The van der Waals surface area contributed by atoms with E-state index in [1.165, 1.54) is 0 Å². The minimum Gasteiger partial charge on any atom is -0.481 e. The number of piperidine rings is 1. The summed E-state index contributed by atoms with van der Waals surface area (Å²) in [5.41, 5.74) is 0.820. The molecule has 132 valence electrons. The van der Waals surface area contributed by atoms with Gasteiger partial charge in [0.15, 0.2) is 0 Å². The summed E-state index contributed by atoms with van der Waals surface area (Å²) in [6, 6.07) is -0.369.